The second-order valence-electron chi connectivity index (χ2n) is 18.9. The zero-order valence-corrected chi connectivity index (χ0v) is 46.7. The smallest absolute Gasteiger partial charge is 0.321 e. The topological polar surface area (TPSA) is 314 Å². The first-order chi connectivity index (χ1) is 38.5. The highest BCUT2D eigenvalue weighted by Gasteiger charge is 2.39. The number of aryl methyl sites for hydroxylation is 2. The Bertz CT molecular complexity index is 3130. The number of pyridine rings is 1. The number of benzene rings is 3. The Morgan fingerprint density at radius 3 is 2.35 bits per heavy atom. The van der Waals surface area contributed by atoms with Crippen LogP contribution in [0.3, 0.4) is 0 Å². The molecule has 0 saturated carbocycles. The first-order valence-electron chi connectivity index (χ1n) is 26.1. The monoisotopic (exact) mass is 1140 g/mol. The molecule has 0 spiro atoms. The molecule has 3 atom stereocenters. The summed E-state index contributed by atoms with van der Waals surface area (Å²) in [7, 11) is 4.99. The van der Waals surface area contributed by atoms with Gasteiger partial charge < -0.3 is 65.6 Å². The van der Waals surface area contributed by atoms with Crippen molar-refractivity contribution in [3.8, 4) is 22.6 Å². The number of fused-ring (bicyclic) bond motifs is 2. The van der Waals surface area contributed by atoms with Crippen LogP contribution in [0.1, 0.15) is 93.7 Å². The molecule has 2 aliphatic heterocycles. The van der Waals surface area contributed by atoms with Crippen LogP contribution in [0.15, 0.2) is 77.7 Å². The van der Waals surface area contributed by atoms with Gasteiger partial charge in [0.25, 0.3) is 23.3 Å². The number of carbonyl (C=O) groups excluding carboxylic acids is 8. The normalized spacial score (nSPS) is 14.5. The van der Waals surface area contributed by atoms with Gasteiger partial charge in [-0.2, -0.15) is 0 Å². The lowest BCUT2D eigenvalue weighted by Gasteiger charge is -2.22. The lowest BCUT2D eigenvalue weighted by Crippen LogP contribution is -2.37. The summed E-state index contributed by atoms with van der Waals surface area (Å²) in [5, 5.41) is 20.0. The third-order valence-electron chi connectivity index (χ3n) is 13.4. The highest BCUT2D eigenvalue weighted by molar-refractivity contribution is 8.00. The summed E-state index contributed by atoms with van der Waals surface area (Å²) in [6.45, 7) is 1.88. The first-order valence-corrected chi connectivity index (χ1v) is 28.4. The van der Waals surface area contributed by atoms with Crippen LogP contribution in [0.5, 0.6) is 11.5 Å². The lowest BCUT2D eigenvalue weighted by atomic mass is 9.98. The SMILES string of the molecule is CNCCNC(=O)c1cc2c(-c3cc(NSC)c(C(=O)NCCCCCCc4cccc5c4CN(C(C=O)CCC(=O)NC)C5=O)cc3Oc3ccccc3)cn(C)c(=O)c2[nH]1.NC(CSC1CC(=O)N(CCC=O)C1=O)C(=O)O. The number of thioether (sulfide) groups is 1. The number of anilines is 1. The van der Waals surface area contributed by atoms with Gasteiger partial charge in [0.2, 0.25) is 17.7 Å². The fourth-order valence-corrected chi connectivity index (χ4v) is 10.6. The minimum absolute atomic E-state index is 0.0364. The number of nitrogens with one attached hydrogen (secondary N) is 6. The van der Waals surface area contributed by atoms with Crippen molar-refractivity contribution in [2.24, 2.45) is 12.8 Å². The number of carboxylic acids is 1. The van der Waals surface area contributed by atoms with Crippen molar-refractivity contribution in [1.82, 2.24) is 40.6 Å². The number of aromatic nitrogens is 2. The van der Waals surface area contributed by atoms with E-state index in [1.54, 1.807) is 50.4 Å². The number of hydrogen-bond donors (Lipinski definition) is 8. The van der Waals surface area contributed by atoms with Crippen LogP contribution in [-0.2, 0) is 48.8 Å². The predicted molar refractivity (Wildman–Crippen MR) is 307 cm³/mol. The van der Waals surface area contributed by atoms with Gasteiger partial charge in [0, 0.05) is 106 Å². The summed E-state index contributed by atoms with van der Waals surface area (Å²) in [6.07, 6.45) is 9.74. The maximum absolute atomic E-state index is 13.9. The molecule has 7 rings (SSSR count). The summed E-state index contributed by atoms with van der Waals surface area (Å²) in [6, 6.07) is 18.4. The molecule has 0 aliphatic carbocycles. The number of carbonyl (C=O) groups is 9. The minimum atomic E-state index is -1.14. The first kappa shape index (κ1) is 61.4. The van der Waals surface area contributed by atoms with Gasteiger partial charge in [0.1, 0.15) is 41.3 Å². The number of para-hydroxylation sites is 1. The Balaban J connectivity index is 0.000000487. The number of nitrogens with two attached hydrogens (primary N) is 1. The maximum atomic E-state index is 13.9. The van der Waals surface area contributed by atoms with Crippen molar-refractivity contribution in [2.45, 2.75) is 81.7 Å². The molecule has 1 fully saturated rings. The molecule has 80 heavy (non-hydrogen) atoms. The number of likely N-dealkylation sites (tertiary alicyclic amines) is 1. The number of rotatable bonds is 29. The summed E-state index contributed by atoms with van der Waals surface area (Å²) < 4.78 is 11.2. The van der Waals surface area contributed by atoms with E-state index in [1.165, 1.54) is 16.5 Å². The number of imide groups is 1. The van der Waals surface area contributed by atoms with E-state index in [2.05, 4.69) is 31.0 Å². The fourth-order valence-electron chi connectivity index (χ4n) is 9.14. The van der Waals surface area contributed by atoms with Crippen LogP contribution < -0.4 is 42.0 Å². The van der Waals surface area contributed by atoms with Crippen LogP contribution in [-0.4, -0.2) is 148 Å². The van der Waals surface area contributed by atoms with E-state index in [0.29, 0.717) is 77.3 Å². The molecule has 0 bridgehead atoms. The molecular formula is C56H68N10O12S2. The number of likely N-dealkylation sites (N-methyl/N-ethyl adjacent to an activating group) is 1. The highest BCUT2D eigenvalue weighted by Crippen LogP contribution is 2.41. The zero-order valence-electron chi connectivity index (χ0n) is 45.1. The van der Waals surface area contributed by atoms with Gasteiger partial charge in [-0.05, 0) is 80.3 Å². The van der Waals surface area contributed by atoms with Crippen LogP contribution in [0.2, 0.25) is 0 Å². The van der Waals surface area contributed by atoms with Crippen LogP contribution in [0.4, 0.5) is 5.69 Å². The summed E-state index contributed by atoms with van der Waals surface area (Å²) in [4.78, 5) is 127. The van der Waals surface area contributed by atoms with Gasteiger partial charge >= 0.3 is 5.97 Å². The van der Waals surface area contributed by atoms with Crippen LogP contribution >= 0.6 is 23.7 Å². The second-order valence-corrected chi connectivity index (χ2v) is 20.8. The van der Waals surface area contributed by atoms with Gasteiger partial charge in [0.15, 0.2) is 0 Å². The number of aromatic amines is 1. The number of unbranched alkanes of at least 4 members (excludes halogenated alkanes) is 3. The predicted octanol–water partition coefficient (Wildman–Crippen LogP) is 4.40. The van der Waals surface area contributed by atoms with E-state index < -0.39 is 23.3 Å². The number of carboxylic acid groups (broad SMARTS) is 1. The molecule has 24 heteroatoms. The van der Waals surface area contributed by atoms with Crippen molar-refractivity contribution in [2.75, 3.05) is 57.0 Å². The average molecular weight is 1140 g/mol. The molecule has 0 radical (unpaired) electrons. The molecular weight excluding hydrogens is 1070 g/mol. The third kappa shape index (κ3) is 15.7. The molecule has 6 amide bonds. The van der Waals surface area contributed by atoms with Crippen molar-refractivity contribution >= 4 is 94.3 Å². The summed E-state index contributed by atoms with van der Waals surface area (Å²) >= 11 is 2.40. The molecule has 426 valence electrons. The Morgan fingerprint density at radius 1 is 0.900 bits per heavy atom. The van der Waals surface area contributed by atoms with Crippen molar-refractivity contribution in [1.29, 1.82) is 0 Å². The van der Waals surface area contributed by atoms with Crippen molar-refractivity contribution in [3.05, 3.63) is 111 Å². The molecule has 2 aliphatic rings. The standard InChI is InChI=1S/C46H54N8O7S.C10H14N2O5S/c1-47-21-22-50-44(58)39-24-34-37(26-53(3)46(60)42(34)51-39)33-23-38(52-62-4)35(25-40(33)61-31-15-9-7-10-16-31)43(57)49-20-11-6-5-8-13-29-14-12-17-32-36(29)27-54(45(32)59)30(28-55)18-19-41(56)48-2;11-6(10(16)17)5-18-7-4-8(14)12(9(7)15)2-1-3-13/h7,9-10,12,14-17,23-26,28,30,47,51-52H,5-6,8,11,13,18-22,27H2,1-4H3,(H,48,56)(H,49,57)(H,50,58);3,6-7H,1-2,4-5,11H2,(H,16,17). The number of H-pyrrole nitrogens is 1. The molecule has 3 unspecified atom stereocenters. The molecule has 5 aromatic rings. The van der Waals surface area contributed by atoms with Crippen LogP contribution in [0.25, 0.3) is 22.0 Å². The number of amides is 6. The number of aliphatic carboxylic acids is 1. The second kappa shape index (κ2) is 30.0. The van der Waals surface area contributed by atoms with E-state index in [-0.39, 0.29) is 90.2 Å². The fraction of sp³-hybridized carbons (Fsp3) is 0.393. The Labute approximate surface area is 471 Å². The molecule has 9 N–H and O–H groups in total. The van der Waals surface area contributed by atoms with Gasteiger partial charge in [-0.25, -0.2) is 0 Å². The van der Waals surface area contributed by atoms with E-state index in [9.17, 15) is 47.9 Å². The van der Waals surface area contributed by atoms with Gasteiger partial charge in [-0.15, -0.1) is 11.8 Å². The Hall–Kier alpha value is -7.80. The third-order valence-corrected chi connectivity index (χ3v) is 15.2. The Morgan fingerprint density at radius 2 is 1.65 bits per heavy atom. The average Bonchev–Trinajstić information content (AvgIpc) is 4.30. The largest absolute Gasteiger partial charge is 0.480 e. The minimum Gasteiger partial charge on any atom is -0.480 e. The van der Waals surface area contributed by atoms with E-state index in [1.807, 2.05) is 54.8 Å². The van der Waals surface area contributed by atoms with Gasteiger partial charge in [0.05, 0.1) is 22.5 Å². The van der Waals surface area contributed by atoms with Gasteiger partial charge in [-0.3, -0.25) is 43.3 Å². The zero-order chi connectivity index (χ0) is 57.9. The summed E-state index contributed by atoms with van der Waals surface area (Å²) in [5.74, 6) is -1.81. The molecule has 22 nitrogen and oxygen atoms in total. The van der Waals surface area contributed by atoms with E-state index >= 15 is 0 Å². The lowest BCUT2D eigenvalue weighted by molar-refractivity contribution is -0.139. The number of hydrogen-bond acceptors (Lipinski definition) is 16. The quantitative estimate of drug-likeness (QED) is 0.0142. The van der Waals surface area contributed by atoms with Crippen molar-refractivity contribution < 1.29 is 53.0 Å². The highest BCUT2D eigenvalue weighted by atomic mass is 32.2. The molecule has 2 aromatic heterocycles. The Kier molecular flexibility index (Phi) is 23.0. The summed E-state index contributed by atoms with van der Waals surface area (Å²) in [5.41, 5.74) is 10.3. The van der Waals surface area contributed by atoms with E-state index in [0.717, 1.165) is 66.2 Å². The maximum Gasteiger partial charge on any atom is 0.321 e. The molecule has 4 heterocycles. The van der Waals surface area contributed by atoms with Crippen LogP contribution in [0, 0.1) is 0 Å². The number of nitrogens with zero attached hydrogens (tertiary/aromatic N) is 3. The van der Waals surface area contributed by atoms with Crippen molar-refractivity contribution in [3.63, 3.8) is 0 Å². The number of ether oxygens (including phenoxy) is 1. The number of aldehydes is 2. The molecule has 3 aromatic carbocycles. The van der Waals surface area contributed by atoms with Gasteiger partial charge in [-0.1, -0.05) is 55.1 Å². The molecule has 1 saturated heterocycles. The van der Waals surface area contributed by atoms with E-state index in [4.69, 9.17) is 15.6 Å².